The molecule has 1 atom stereocenters. The molecule has 1 heterocycles. The Morgan fingerprint density at radius 2 is 2.15 bits per heavy atom. The first-order chi connectivity index (χ1) is 9.29. The molecule has 108 valence electrons. The monoisotopic (exact) mass is 318 g/mol. The second kappa shape index (κ2) is 5.49. The summed E-state index contributed by atoms with van der Waals surface area (Å²) in [5.41, 5.74) is 0.330. The van der Waals surface area contributed by atoms with Crippen LogP contribution in [0.5, 0.6) is 0 Å². The lowest BCUT2D eigenvalue weighted by Gasteiger charge is -2.10. The molecule has 0 fully saturated rings. The number of benzene rings is 1. The molecule has 0 spiro atoms. The van der Waals surface area contributed by atoms with Gasteiger partial charge in [0.1, 0.15) is 11.1 Å². The largest absolute Gasteiger partial charge is 0.338 e. The maximum absolute atomic E-state index is 12.9. The molecule has 20 heavy (non-hydrogen) atoms. The van der Waals surface area contributed by atoms with E-state index in [2.05, 4.69) is 10.1 Å². The first-order valence-electron chi connectivity index (χ1n) is 5.75. The Hall–Kier alpha value is -1.47. The molecule has 5 nitrogen and oxygen atoms in total. The van der Waals surface area contributed by atoms with Gasteiger partial charge in [-0.3, -0.25) is 0 Å². The number of aryl methyl sites for hydroxylation is 1. The van der Waals surface area contributed by atoms with Crippen molar-refractivity contribution in [1.29, 1.82) is 0 Å². The smallest absolute Gasteiger partial charge is 0.244 e. The second-order valence-electron chi connectivity index (χ2n) is 4.36. The zero-order chi connectivity index (χ0) is 14.9. The summed E-state index contributed by atoms with van der Waals surface area (Å²) in [5.74, 6) is -0.450. The molecule has 0 bridgehead atoms. The highest BCUT2D eigenvalue weighted by atomic mass is 35.5. The molecule has 0 saturated heterocycles. The van der Waals surface area contributed by atoms with Crippen LogP contribution in [0.4, 0.5) is 4.39 Å². The van der Waals surface area contributed by atoms with Gasteiger partial charge in [-0.05, 0) is 31.5 Å². The van der Waals surface area contributed by atoms with Crippen LogP contribution in [-0.4, -0.2) is 18.6 Å². The van der Waals surface area contributed by atoms with E-state index in [9.17, 15) is 12.8 Å². The van der Waals surface area contributed by atoms with Crippen molar-refractivity contribution in [2.45, 2.75) is 24.9 Å². The number of halogens is 2. The average Bonchev–Trinajstić information content (AvgIpc) is 2.78. The van der Waals surface area contributed by atoms with Crippen molar-refractivity contribution in [2.24, 2.45) is 0 Å². The Balaban J connectivity index is 2.27. The third-order valence-electron chi connectivity index (χ3n) is 2.80. The molecule has 0 aliphatic carbocycles. The molecule has 2 aromatic rings. The average molecular weight is 319 g/mol. The minimum Gasteiger partial charge on any atom is -0.338 e. The van der Waals surface area contributed by atoms with Crippen molar-refractivity contribution in [2.75, 3.05) is 0 Å². The molecule has 0 amide bonds. The van der Waals surface area contributed by atoms with Crippen LogP contribution in [0.15, 0.2) is 22.7 Å². The van der Waals surface area contributed by atoms with Crippen LogP contribution in [0.1, 0.15) is 29.5 Å². The minimum atomic E-state index is -3.59. The number of aromatic nitrogens is 2. The third-order valence-corrected chi connectivity index (χ3v) is 5.15. The van der Waals surface area contributed by atoms with Gasteiger partial charge >= 0.3 is 0 Å². The molecule has 0 N–H and O–H groups in total. The van der Waals surface area contributed by atoms with Crippen molar-refractivity contribution < 1.29 is 17.3 Å². The second-order valence-corrected chi connectivity index (χ2v) is 7.09. The molecule has 0 aliphatic rings. The predicted molar refractivity (Wildman–Crippen MR) is 71.5 cm³/mol. The fourth-order valence-corrected chi connectivity index (χ4v) is 3.26. The highest BCUT2D eigenvalue weighted by molar-refractivity contribution is 7.90. The molecular formula is C12H12ClFN2O3S. The van der Waals surface area contributed by atoms with Crippen LogP contribution >= 0.6 is 11.6 Å². The van der Waals surface area contributed by atoms with Gasteiger partial charge in [-0.1, -0.05) is 22.8 Å². The molecular weight excluding hydrogens is 307 g/mol. The fraction of sp³-hybridized carbons (Fsp3) is 0.333. The maximum Gasteiger partial charge on any atom is 0.244 e. The minimum absolute atomic E-state index is 0.0285. The summed E-state index contributed by atoms with van der Waals surface area (Å²) in [5, 5.41) is 2.68. The quantitative estimate of drug-likeness (QED) is 0.866. The first kappa shape index (κ1) is 14.9. The molecule has 0 saturated carbocycles. The molecule has 0 aliphatic heterocycles. The van der Waals surface area contributed by atoms with Crippen LogP contribution in [0.2, 0.25) is 5.02 Å². The normalized spacial score (nSPS) is 13.4. The van der Waals surface area contributed by atoms with Gasteiger partial charge < -0.3 is 4.52 Å². The third kappa shape index (κ3) is 3.16. The van der Waals surface area contributed by atoms with Gasteiger partial charge in [0.25, 0.3) is 0 Å². The lowest BCUT2D eigenvalue weighted by atomic mass is 10.2. The number of hydrogen-bond acceptors (Lipinski definition) is 5. The topological polar surface area (TPSA) is 73.1 Å². The summed E-state index contributed by atoms with van der Waals surface area (Å²) < 4.78 is 42.3. The van der Waals surface area contributed by atoms with Crippen molar-refractivity contribution in [3.63, 3.8) is 0 Å². The van der Waals surface area contributed by atoms with Crippen molar-refractivity contribution in [3.8, 4) is 0 Å². The van der Waals surface area contributed by atoms with E-state index in [1.807, 2.05) is 0 Å². The van der Waals surface area contributed by atoms with E-state index >= 15 is 0 Å². The van der Waals surface area contributed by atoms with Crippen LogP contribution in [0, 0.1) is 12.7 Å². The number of rotatable bonds is 4. The van der Waals surface area contributed by atoms with E-state index in [0.29, 0.717) is 11.4 Å². The van der Waals surface area contributed by atoms with Gasteiger partial charge in [-0.2, -0.15) is 4.98 Å². The fourth-order valence-electron chi connectivity index (χ4n) is 1.61. The summed E-state index contributed by atoms with van der Waals surface area (Å²) in [7, 11) is -3.59. The van der Waals surface area contributed by atoms with E-state index in [1.54, 1.807) is 6.92 Å². The summed E-state index contributed by atoms with van der Waals surface area (Å²) in [6.07, 6.45) is 0. The molecule has 0 unspecified atom stereocenters. The van der Waals surface area contributed by atoms with Crippen LogP contribution < -0.4 is 0 Å². The molecule has 8 heteroatoms. The summed E-state index contributed by atoms with van der Waals surface area (Å²) >= 11 is 5.83. The highest BCUT2D eigenvalue weighted by Gasteiger charge is 2.28. The predicted octanol–water partition coefficient (Wildman–Crippen LogP) is 2.85. The molecule has 1 aromatic carbocycles. The zero-order valence-electron chi connectivity index (χ0n) is 10.8. The standard InChI is InChI=1S/C12H12ClFN2O3S/c1-7(12-15-8(2)16-19-12)20(17,18)6-9-3-4-10(14)5-11(9)13/h3-5,7H,6H2,1-2H3/t7-/m1/s1. The van der Waals surface area contributed by atoms with Crippen molar-refractivity contribution in [1.82, 2.24) is 10.1 Å². The molecule has 2 rings (SSSR count). The van der Waals surface area contributed by atoms with Crippen LogP contribution in [0.3, 0.4) is 0 Å². The molecule has 0 radical (unpaired) electrons. The summed E-state index contributed by atoms with van der Waals surface area (Å²) in [6, 6.07) is 3.59. The lowest BCUT2D eigenvalue weighted by Crippen LogP contribution is -2.13. The number of hydrogen-bond donors (Lipinski definition) is 0. The van der Waals surface area contributed by atoms with E-state index < -0.39 is 20.9 Å². The molecule has 1 aromatic heterocycles. The van der Waals surface area contributed by atoms with E-state index in [0.717, 1.165) is 12.1 Å². The van der Waals surface area contributed by atoms with Crippen molar-refractivity contribution >= 4 is 21.4 Å². The maximum atomic E-state index is 12.9. The van der Waals surface area contributed by atoms with Gasteiger partial charge in [0, 0.05) is 5.02 Å². The Labute approximate surface area is 120 Å². The van der Waals surface area contributed by atoms with Crippen molar-refractivity contribution in [3.05, 3.63) is 46.3 Å². The Morgan fingerprint density at radius 1 is 1.45 bits per heavy atom. The van der Waals surface area contributed by atoms with Gasteiger partial charge in [-0.25, -0.2) is 12.8 Å². The Bertz CT molecular complexity index is 730. The summed E-state index contributed by atoms with van der Waals surface area (Å²) in [4.78, 5) is 3.91. The highest BCUT2D eigenvalue weighted by Crippen LogP contribution is 2.27. The van der Waals surface area contributed by atoms with E-state index in [-0.39, 0.29) is 16.7 Å². The Morgan fingerprint density at radius 3 is 2.70 bits per heavy atom. The van der Waals surface area contributed by atoms with Gasteiger partial charge in [0.2, 0.25) is 5.89 Å². The van der Waals surface area contributed by atoms with Gasteiger partial charge in [0.05, 0.1) is 5.75 Å². The zero-order valence-corrected chi connectivity index (χ0v) is 12.4. The number of nitrogens with zero attached hydrogens (tertiary/aromatic N) is 2. The van der Waals surface area contributed by atoms with E-state index in [4.69, 9.17) is 16.1 Å². The lowest BCUT2D eigenvalue weighted by molar-refractivity contribution is 0.373. The van der Waals surface area contributed by atoms with Crippen LogP contribution in [0.25, 0.3) is 0 Å². The SMILES string of the molecule is Cc1noc([C@@H](C)S(=O)(=O)Cc2ccc(F)cc2Cl)n1. The van der Waals surface area contributed by atoms with Crippen LogP contribution in [-0.2, 0) is 15.6 Å². The first-order valence-corrected chi connectivity index (χ1v) is 7.84. The Kier molecular flexibility index (Phi) is 4.10. The van der Waals surface area contributed by atoms with Gasteiger partial charge in [-0.15, -0.1) is 0 Å². The summed E-state index contributed by atoms with van der Waals surface area (Å²) in [6.45, 7) is 3.06. The van der Waals surface area contributed by atoms with E-state index in [1.165, 1.54) is 13.0 Å². The number of sulfone groups is 1. The van der Waals surface area contributed by atoms with Gasteiger partial charge in [0.15, 0.2) is 15.7 Å².